The molecule has 0 unspecified atom stereocenters. The molecule has 0 fully saturated rings. The standard InChI is InChI=1S/C16H18N2O2/c1-12(11-19)16(13-7-9-17-10-8-13)18-14-3-5-15(20-2)6-4-14/h3-12,16,18H,1-2H3/t12-,16-/m0/s1. The van der Waals surface area contributed by atoms with Gasteiger partial charge in [-0.2, -0.15) is 0 Å². The van der Waals surface area contributed by atoms with Gasteiger partial charge in [0.1, 0.15) is 12.0 Å². The smallest absolute Gasteiger partial charge is 0.125 e. The minimum atomic E-state index is -0.139. The van der Waals surface area contributed by atoms with Gasteiger partial charge in [0.15, 0.2) is 0 Å². The van der Waals surface area contributed by atoms with Crippen LogP contribution in [-0.2, 0) is 4.79 Å². The monoisotopic (exact) mass is 270 g/mol. The molecule has 0 aliphatic rings. The number of pyridine rings is 1. The Kier molecular flexibility index (Phi) is 4.71. The quantitative estimate of drug-likeness (QED) is 0.820. The number of carbonyl (C=O) groups excluding carboxylic acids is 1. The summed E-state index contributed by atoms with van der Waals surface area (Å²) in [6, 6.07) is 11.4. The number of ether oxygens (including phenoxy) is 1. The number of hydrogen-bond donors (Lipinski definition) is 1. The molecule has 0 spiro atoms. The molecule has 0 radical (unpaired) electrons. The molecule has 0 saturated carbocycles. The third kappa shape index (κ3) is 3.35. The predicted molar refractivity (Wildman–Crippen MR) is 78.8 cm³/mol. The highest BCUT2D eigenvalue weighted by Crippen LogP contribution is 2.26. The molecule has 2 aromatic rings. The Bertz CT molecular complexity index is 540. The Balaban J connectivity index is 2.21. The second-order valence-electron chi connectivity index (χ2n) is 4.63. The summed E-state index contributed by atoms with van der Waals surface area (Å²) in [5, 5.41) is 3.38. The van der Waals surface area contributed by atoms with Crippen LogP contribution in [0.5, 0.6) is 5.75 Å². The van der Waals surface area contributed by atoms with E-state index in [1.807, 2.05) is 43.3 Å². The Morgan fingerprint density at radius 3 is 2.35 bits per heavy atom. The number of hydrogen-bond acceptors (Lipinski definition) is 4. The Morgan fingerprint density at radius 1 is 1.15 bits per heavy atom. The van der Waals surface area contributed by atoms with Crippen LogP contribution in [0.4, 0.5) is 5.69 Å². The van der Waals surface area contributed by atoms with Crippen molar-refractivity contribution in [3.63, 3.8) is 0 Å². The van der Waals surface area contributed by atoms with Gasteiger partial charge in [0, 0.05) is 24.0 Å². The van der Waals surface area contributed by atoms with E-state index in [4.69, 9.17) is 4.74 Å². The fourth-order valence-electron chi connectivity index (χ4n) is 2.03. The van der Waals surface area contributed by atoms with Crippen LogP contribution < -0.4 is 10.1 Å². The molecular formula is C16H18N2O2. The molecule has 1 heterocycles. The van der Waals surface area contributed by atoms with Crippen molar-refractivity contribution in [1.29, 1.82) is 0 Å². The van der Waals surface area contributed by atoms with Crippen LogP contribution in [0, 0.1) is 5.92 Å². The van der Waals surface area contributed by atoms with Gasteiger partial charge in [-0.15, -0.1) is 0 Å². The van der Waals surface area contributed by atoms with Crippen LogP contribution in [0.1, 0.15) is 18.5 Å². The van der Waals surface area contributed by atoms with Crippen molar-refractivity contribution in [2.24, 2.45) is 5.92 Å². The first kappa shape index (κ1) is 14.1. The van der Waals surface area contributed by atoms with Crippen LogP contribution in [-0.4, -0.2) is 18.4 Å². The van der Waals surface area contributed by atoms with E-state index in [9.17, 15) is 4.79 Å². The van der Waals surface area contributed by atoms with Gasteiger partial charge in [-0.05, 0) is 42.0 Å². The Hall–Kier alpha value is -2.36. The van der Waals surface area contributed by atoms with E-state index < -0.39 is 0 Å². The number of nitrogens with zero attached hydrogens (tertiary/aromatic N) is 1. The minimum absolute atomic E-state index is 0.0797. The fourth-order valence-corrected chi connectivity index (χ4v) is 2.03. The lowest BCUT2D eigenvalue weighted by molar-refractivity contribution is -0.111. The summed E-state index contributed by atoms with van der Waals surface area (Å²) < 4.78 is 5.14. The topological polar surface area (TPSA) is 51.2 Å². The lowest BCUT2D eigenvalue weighted by atomic mass is 9.96. The minimum Gasteiger partial charge on any atom is -0.497 e. The van der Waals surface area contributed by atoms with Crippen LogP contribution in [0.15, 0.2) is 48.8 Å². The van der Waals surface area contributed by atoms with E-state index >= 15 is 0 Å². The molecule has 20 heavy (non-hydrogen) atoms. The van der Waals surface area contributed by atoms with E-state index in [0.717, 1.165) is 23.3 Å². The predicted octanol–water partition coefficient (Wildman–Crippen LogP) is 3.08. The third-order valence-corrected chi connectivity index (χ3v) is 3.22. The van der Waals surface area contributed by atoms with Gasteiger partial charge in [-0.3, -0.25) is 4.98 Å². The van der Waals surface area contributed by atoms with Gasteiger partial charge in [0.05, 0.1) is 13.2 Å². The van der Waals surface area contributed by atoms with Crippen LogP contribution in [0.2, 0.25) is 0 Å². The normalized spacial score (nSPS) is 13.3. The molecule has 4 nitrogen and oxygen atoms in total. The average Bonchev–Trinajstić information content (AvgIpc) is 2.53. The van der Waals surface area contributed by atoms with Crippen molar-refractivity contribution in [3.05, 3.63) is 54.4 Å². The number of rotatable bonds is 6. The zero-order valence-electron chi connectivity index (χ0n) is 11.6. The van der Waals surface area contributed by atoms with Gasteiger partial charge >= 0.3 is 0 Å². The van der Waals surface area contributed by atoms with Crippen LogP contribution in [0.3, 0.4) is 0 Å². The molecule has 0 bridgehead atoms. The van der Waals surface area contributed by atoms with Crippen molar-refractivity contribution < 1.29 is 9.53 Å². The molecule has 0 amide bonds. The van der Waals surface area contributed by atoms with Gasteiger partial charge in [0.25, 0.3) is 0 Å². The number of carbonyl (C=O) groups is 1. The van der Waals surface area contributed by atoms with E-state index in [0.29, 0.717) is 0 Å². The van der Waals surface area contributed by atoms with Crippen molar-refractivity contribution in [1.82, 2.24) is 4.98 Å². The lowest BCUT2D eigenvalue weighted by Gasteiger charge is -2.23. The number of benzene rings is 1. The van der Waals surface area contributed by atoms with Crippen molar-refractivity contribution in [3.8, 4) is 5.75 Å². The molecule has 0 saturated heterocycles. The summed E-state index contributed by atoms with van der Waals surface area (Å²) in [5.41, 5.74) is 1.98. The largest absolute Gasteiger partial charge is 0.497 e. The number of methoxy groups -OCH3 is 1. The maximum Gasteiger partial charge on any atom is 0.125 e. The zero-order valence-corrected chi connectivity index (χ0v) is 11.6. The molecule has 1 N–H and O–H groups in total. The van der Waals surface area contributed by atoms with Crippen LogP contribution >= 0.6 is 0 Å². The molecule has 2 rings (SSSR count). The molecule has 1 aromatic heterocycles. The van der Waals surface area contributed by atoms with E-state index in [1.165, 1.54) is 0 Å². The summed E-state index contributed by atoms with van der Waals surface area (Å²) in [4.78, 5) is 15.1. The van der Waals surface area contributed by atoms with Crippen molar-refractivity contribution in [2.45, 2.75) is 13.0 Å². The summed E-state index contributed by atoms with van der Waals surface area (Å²) in [5.74, 6) is 0.666. The summed E-state index contributed by atoms with van der Waals surface area (Å²) in [6.45, 7) is 1.90. The van der Waals surface area contributed by atoms with Gasteiger partial charge < -0.3 is 14.8 Å². The van der Waals surface area contributed by atoms with Gasteiger partial charge in [-0.1, -0.05) is 6.92 Å². The molecule has 4 heteroatoms. The number of nitrogens with one attached hydrogen (secondary N) is 1. The van der Waals surface area contributed by atoms with Crippen molar-refractivity contribution in [2.75, 3.05) is 12.4 Å². The summed E-state index contributed by atoms with van der Waals surface area (Å²) in [7, 11) is 1.64. The van der Waals surface area contributed by atoms with E-state index in [1.54, 1.807) is 19.5 Å². The second-order valence-corrected chi connectivity index (χ2v) is 4.63. The number of aromatic nitrogens is 1. The molecule has 1 aromatic carbocycles. The van der Waals surface area contributed by atoms with Crippen molar-refractivity contribution >= 4 is 12.0 Å². The molecule has 0 aliphatic heterocycles. The molecule has 2 atom stereocenters. The van der Waals surface area contributed by atoms with Gasteiger partial charge in [-0.25, -0.2) is 0 Å². The fraction of sp³-hybridized carbons (Fsp3) is 0.250. The Labute approximate surface area is 118 Å². The van der Waals surface area contributed by atoms with E-state index in [-0.39, 0.29) is 12.0 Å². The molecule has 104 valence electrons. The highest BCUT2D eigenvalue weighted by Gasteiger charge is 2.18. The SMILES string of the molecule is COc1ccc(N[C@H](c2ccncc2)[C@@H](C)C=O)cc1. The first-order valence-corrected chi connectivity index (χ1v) is 6.50. The number of anilines is 1. The average molecular weight is 270 g/mol. The molecular weight excluding hydrogens is 252 g/mol. The lowest BCUT2D eigenvalue weighted by Crippen LogP contribution is -2.19. The first-order chi connectivity index (χ1) is 9.74. The highest BCUT2D eigenvalue weighted by molar-refractivity contribution is 5.58. The summed E-state index contributed by atoms with van der Waals surface area (Å²) in [6.07, 6.45) is 4.42. The molecule has 0 aliphatic carbocycles. The maximum absolute atomic E-state index is 11.1. The first-order valence-electron chi connectivity index (χ1n) is 6.50. The van der Waals surface area contributed by atoms with Gasteiger partial charge in [0.2, 0.25) is 0 Å². The maximum atomic E-state index is 11.1. The number of aldehydes is 1. The van der Waals surface area contributed by atoms with Crippen LogP contribution in [0.25, 0.3) is 0 Å². The zero-order chi connectivity index (χ0) is 14.4. The Morgan fingerprint density at radius 2 is 1.80 bits per heavy atom. The summed E-state index contributed by atoms with van der Waals surface area (Å²) >= 11 is 0. The van der Waals surface area contributed by atoms with E-state index in [2.05, 4.69) is 10.3 Å². The second kappa shape index (κ2) is 6.70. The third-order valence-electron chi connectivity index (χ3n) is 3.22. The highest BCUT2D eigenvalue weighted by atomic mass is 16.5.